The summed E-state index contributed by atoms with van der Waals surface area (Å²) in [6.45, 7) is 4.90. The van der Waals surface area contributed by atoms with Gasteiger partial charge in [0.1, 0.15) is 5.75 Å². The lowest BCUT2D eigenvalue weighted by Crippen LogP contribution is -2.26. The second kappa shape index (κ2) is 8.00. The number of aldehydes is 1. The molecule has 0 aliphatic heterocycles. The third-order valence-electron chi connectivity index (χ3n) is 5.01. The molecule has 0 N–H and O–H groups in total. The Kier molecular flexibility index (Phi) is 5.74. The summed E-state index contributed by atoms with van der Waals surface area (Å²) >= 11 is 6.03. The molecule has 0 radical (unpaired) electrons. The van der Waals surface area contributed by atoms with Gasteiger partial charge in [0.2, 0.25) is 0 Å². The van der Waals surface area contributed by atoms with Crippen LogP contribution in [0, 0.1) is 5.92 Å². The van der Waals surface area contributed by atoms with E-state index in [1.54, 1.807) is 6.20 Å². The third-order valence-corrected chi connectivity index (χ3v) is 5.32. The molecule has 0 spiro atoms. The van der Waals surface area contributed by atoms with Gasteiger partial charge in [-0.3, -0.25) is 9.78 Å². The lowest BCUT2D eigenvalue weighted by atomic mass is 9.78. The molecular weight excluding hydrogens is 338 g/mol. The highest BCUT2D eigenvalue weighted by molar-refractivity contribution is 6.33. The number of carbonyl (C=O) groups excluding carboxylic acids is 1. The van der Waals surface area contributed by atoms with Crippen molar-refractivity contribution in [3.8, 4) is 5.75 Å². The van der Waals surface area contributed by atoms with Crippen LogP contribution in [0.25, 0.3) is 0 Å². The SMILES string of the molecule is CC(C)n1cncc1C1CCCCC1COc1cncc(Cl)c1C=O. The van der Waals surface area contributed by atoms with Crippen LogP contribution in [-0.2, 0) is 0 Å². The Bertz CT molecular complexity index is 729. The van der Waals surface area contributed by atoms with Crippen molar-refractivity contribution in [2.24, 2.45) is 5.92 Å². The van der Waals surface area contributed by atoms with Crippen molar-refractivity contribution in [1.29, 1.82) is 0 Å². The molecule has 25 heavy (non-hydrogen) atoms. The molecule has 3 rings (SSSR count). The molecule has 2 atom stereocenters. The number of ether oxygens (including phenoxy) is 1. The quantitative estimate of drug-likeness (QED) is 0.701. The van der Waals surface area contributed by atoms with E-state index in [-0.39, 0.29) is 0 Å². The first-order valence-corrected chi connectivity index (χ1v) is 9.22. The second-order valence-corrected chi connectivity index (χ2v) is 7.34. The number of rotatable bonds is 6. The van der Waals surface area contributed by atoms with Crippen LogP contribution in [-0.4, -0.2) is 27.4 Å². The van der Waals surface area contributed by atoms with Crippen LogP contribution in [0.15, 0.2) is 24.9 Å². The van der Waals surface area contributed by atoms with Crippen molar-refractivity contribution in [2.45, 2.75) is 51.5 Å². The number of halogens is 1. The first-order chi connectivity index (χ1) is 12.1. The van der Waals surface area contributed by atoms with Crippen molar-refractivity contribution < 1.29 is 9.53 Å². The Hall–Kier alpha value is -1.88. The minimum absolute atomic E-state index is 0.325. The monoisotopic (exact) mass is 361 g/mol. The number of nitrogens with zero attached hydrogens (tertiary/aromatic N) is 3. The Morgan fingerprint density at radius 1 is 1.28 bits per heavy atom. The zero-order valence-corrected chi connectivity index (χ0v) is 15.4. The molecule has 0 amide bonds. The Morgan fingerprint density at radius 2 is 2.08 bits per heavy atom. The van der Waals surface area contributed by atoms with Crippen LogP contribution < -0.4 is 4.74 Å². The summed E-state index contributed by atoms with van der Waals surface area (Å²) in [5.74, 6) is 1.27. The number of carbonyl (C=O) groups is 1. The molecule has 2 aromatic heterocycles. The Labute approximate surface area is 153 Å². The summed E-state index contributed by atoms with van der Waals surface area (Å²) in [6, 6.07) is 0.389. The van der Waals surface area contributed by atoms with Crippen LogP contribution in [0.3, 0.4) is 0 Å². The molecule has 134 valence electrons. The summed E-state index contributed by atoms with van der Waals surface area (Å²) < 4.78 is 8.22. The van der Waals surface area contributed by atoms with Gasteiger partial charge < -0.3 is 9.30 Å². The van der Waals surface area contributed by atoms with Gasteiger partial charge in [-0.1, -0.05) is 24.4 Å². The molecule has 6 heteroatoms. The van der Waals surface area contributed by atoms with Crippen molar-refractivity contribution >= 4 is 17.9 Å². The summed E-state index contributed by atoms with van der Waals surface area (Å²) in [4.78, 5) is 19.7. The van der Waals surface area contributed by atoms with Gasteiger partial charge >= 0.3 is 0 Å². The second-order valence-electron chi connectivity index (χ2n) is 6.93. The van der Waals surface area contributed by atoms with Gasteiger partial charge in [-0.05, 0) is 26.7 Å². The predicted molar refractivity (Wildman–Crippen MR) is 97.4 cm³/mol. The predicted octanol–water partition coefficient (Wildman–Crippen LogP) is 4.68. The van der Waals surface area contributed by atoms with Crippen molar-refractivity contribution in [1.82, 2.24) is 14.5 Å². The standard InChI is InChI=1S/C19H24ClN3O2/c1-13(2)23-12-22-8-18(23)15-6-4-3-5-14(15)11-25-19-9-21-7-17(20)16(19)10-24/h7-10,12-15H,3-6,11H2,1-2H3. The zero-order chi connectivity index (χ0) is 17.8. The van der Waals surface area contributed by atoms with E-state index in [2.05, 4.69) is 28.4 Å². The number of hydrogen-bond donors (Lipinski definition) is 0. The summed E-state index contributed by atoms with van der Waals surface area (Å²) in [7, 11) is 0. The van der Waals surface area contributed by atoms with Gasteiger partial charge in [0, 0.05) is 36.0 Å². The largest absolute Gasteiger partial charge is 0.491 e. The van der Waals surface area contributed by atoms with Crippen LogP contribution in [0.1, 0.15) is 67.5 Å². The van der Waals surface area contributed by atoms with Gasteiger partial charge in [0.25, 0.3) is 0 Å². The Balaban J connectivity index is 1.77. The van der Waals surface area contributed by atoms with Crippen LogP contribution in [0.4, 0.5) is 0 Å². The maximum Gasteiger partial charge on any atom is 0.155 e. The molecular formula is C19H24ClN3O2. The van der Waals surface area contributed by atoms with E-state index >= 15 is 0 Å². The molecule has 0 bridgehead atoms. The summed E-state index contributed by atoms with van der Waals surface area (Å²) in [5, 5.41) is 0.325. The highest BCUT2D eigenvalue weighted by Crippen LogP contribution is 2.39. The molecule has 5 nitrogen and oxygen atoms in total. The lowest BCUT2D eigenvalue weighted by molar-refractivity contribution is 0.111. The molecule has 2 aromatic rings. The first kappa shape index (κ1) is 17.9. The summed E-state index contributed by atoms with van der Waals surface area (Å²) in [6.07, 6.45) is 12.3. The molecule has 2 heterocycles. The van der Waals surface area contributed by atoms with E-state index in [0.717, 1.165) is 19.1 Å². The van der Waals surface area contributed by atoms with Crippen molar-refractivity contribution in [2.75, 3.05) is 6.61 Å². The Morgan fingerprint density at radius 3 is 2.84 bits per heavy atom. The van der Waals surface area contributed by atoms with Crippen molar-refractivity contribution in [3.63, 3.8) is 0 Å². The normalized spacial score (nSPS) is 20.6. The molecule has 1 aliphatic carbocycles. The smallest absolute Gasteiger partial charge is 0.155 e. The van der Waals surface area contributed by atoms with Gasteiger partial charge in [0.05, 0.1) is 29.7 Å². The van der Waals surface area contributed by atoms with Gasteiger partial charge in [-0.25, -0.2) is 4.98 Å². The molecule has 1 aliphatic rings. The number of imidazole rings is 1. The van der Waals surface area contributed by atoms with Crippen molar-refractivity contribution in [3.05, 3.63) is 41.2 Å². The average Bonchev–Trinajstić information content (AvgIpc) is 3.10. The van der Waals surface area contributed by atoms with E-state index in [0.29, 0.717) is 40.8 Å². The van der Waals surface area contributed by atoms with Crippen LogP contribution >= 0.6 is 11.6 Å². The molecule has 0 saturated heterocycles. The van der Waals surface area contributed by atoms with E-state index < -0.39 is 0 Å². The molecule has 0 aromatic carbocycles. The minimum atomic E-state index is 0.325. The topological polar surface area (TPSA) is 57.0 Å². The fourth-order valence-electron chi connectivity index (χ4n) is 3.68. The summed E-state index contributed by atoms with van der Waals surface area (Å²) in [5.41, 5.74) is 1.65. The van der Waals surface area contributed by atoms with Crippen LogP contribution in [0.2, 0.25) is 5.02 Å². The highest BCUT2D eigenvalue weighted by Gasteiger charge is 2.30. The fraction of sp³-hybridized carbons (Fsp3) is 0.526. The number of aromatic nitrogens is 3. The van der Waals surface area contributed by atoms with Crippen LogP contribution in [0.5, 0.6) is 5.75 Å². The fourth-order valence-corrected chi connectivity index (χ4v) is 3.88. The number of pyridine rings is 1. The third kappa shape index (κ3) is 3.87. The first-order valence-electron chi connectivity index (χ1n) is 8.85. The van der Waals surface area contributed by atoms with E-state index in [9.17, 15) is 4.79 Å². The van der Waals surface area contributed by atoms with Gasteiger partial charge in [-0.15, -0.1) is 0 Å². The van der Waals surface area contributed by atoms with E-state index in [1.165, 1.54) is 24.7 Å². The maximum atomic E-state index is 11.3. The molecule has 2 unspecified atom stereocenters. The zero-order valence-electron chi connectivity index (χ0n) is 14.7. The average molecular weight is 362 g/mol. The van der Waals surface area contributed by atoms with E-state index in [1.807, 2.05) is 12.5 Å². The lowest BCUT2D eigenvalue weighted by Gasteiger charge is -2.32. The van der Waals surface area contributed by atoms with Gasteiger partial charge in [-0.2, -0.15) is 0 Å². The molecule has 1 saturated carbocycles. The molecule has 1 fully saturated rings. The highest BCUT2D eigenvalue weighted by atomic mass is 35.5. The van der Waals surface area contributed by atoms with E-state index in [4.69, 9.17) is 16.3 Å². The maximum absolute atomic E-state index is 11.3. The van der Waals surface area contributed by atoms with Gasteiger partial charge in [0.15, 0.2) is 6.29 Å². The number of hydrogen-bond acceptors (Lipinski definition) is 4. The minimum Gasteiger partial charge on any atom is -0.491 e.